The highest BCUT2D eigenvalue weighted by molar-refractivity contribution is 6.01. The van der Waals surface area contributed by atoms with Crippen molar-refractivity contribution in [1.82, 2.24) is 0 Å². The molecule has 26 heavy (non-hydrogen) atoms. The topological polar surface area (TPSA) is 93.5 Å². The zero-order valence-corrected chi connectivity index (χ0v) is 16.5. The van der Waals surface area contributed by atoms with Crippen LogP contribution in [-0.4, -0.2) is 30.1 Å². The lowest BCUT2D eigenvalue weighted by atomic mass is 9.46. The summed E-state index contributed by atoms with van der Waals surface area (Å²) in [5.74, 6) is -0.304. The number of ether oxygens (including phenoxy) is 1. The zero-order chi connectivity index (χ0) is 18.4. The second kappa shape index (κ2) is 7.18. The van der Waals surface area contributed by atoms with E-state index in [0.29, 0.717) is 11.4 Å². The fraction of sp³-hybridized carbons (Fsp3) is 0.579. The van der Waals surface area contributed by atoms with Crippen LogP contribution in [0.1, 0.15) is 39.2 Å². The number of nitrogens with two attached hydrogens (primary N) is 1. The summed E-state index contributed by atoms with van der Waals surface area (Å²) in [6.07, 6.45) is 1.87. The van der Waals surface area contributed by atoms with Crippen LogP contribution in [-0.2, 0) is 14.3 Å². The third kappa shape index (κ3) is 3.10. The molecule has 2 fully saturated rings. The Kier molecular flexibility index (Phi) is 5.71. The van der Waals surface area contributed by atoms with Crippen molar-refractivity contribution in [2.45, 2.75) is 52.2 Å². The number of nitrogens with one attached hydrogen (secondary N) is 2. The van der Waals surface area contributed by atoms with Crippen molar-refractivity contribution in [3.05, 3.63) is 23.8 Å². The van der Waals surface area contributed by atoms with Gasteiger partial charge in [0.25, 0.3) is 0 Å². The van der Waals surface area contributed by atoms with E-state index in [1.54, 1.807) is 6.07 Å². The number of benzene rings is 1. The van der Waals surface area contributed by atoms with Crippen LogP contribution < -0.4 is 16.4 Å². The van der Waals surface area contributed by atoms with Crippen molar-refractivity contribution in [3.8, 4) is 0 Å². The van der Waals surface area contributed by atoms with Crippen LogP contribution in [0.15, 0.2) is 18.2 Å². The van der Waals surface area contributed by atoms with Crippen LogP contribution in [0.25, 0.3) is 0 Å². The summed E-state index contributed by atoms with van der Waals surface area (Å²) in [7, 11) is 0. The van der Waals surface area contributed by atoms with Gasteiger partial charge in [-0.25, -0.2) is 0 Å². The van der Waals surface area contributed by atoms with E-state index < -0.39 is 11.0 Å². The molecule has 3 unspecified atom stereocenters. The number of rotatable bonds is 3. The van der Waals surface area contributed by atoms with Gasteiger partial charge < -0.3 is 21.1 Å². The molecule has 3 rings (SSSR count). The molecule has 1 saturated heterocycles. The average molecular weight is 382 g/mol. The van der Waals surface area contributed by atoms with Gasteiger partial charge in [0.2, 0.25) is 11.8 Å². The molecule has 0 aromatic heterocycles. The fourth-order valence-corrected chi connectivity index (χ4v) is 4.30. The average Bonchev–Trinajstić information content (AvgIpc) is 2.56. The number of carbonyl (C=O) groups excluding carboxylic acids is 2. The van der Waals surface area contributed by atoms with Gasteiger partial charge in [-0.3, -0.25) is 9.59 Å². The molecule has 7 heteroatoms. The van der Waals surface area contributed by atoms with Crippen molar-refractivity contribution in [2.24, 2.45) is 17.1 Å². The van der Waals surface area contributed by atoms with E-state index in [9.17, 15) is 9.59 Å². The van der Waals surface area contributed by atoms with Gasteiger partial charge >= 0.3 is 0 Å². The van der Waals surface area contributed by atoms with Gasteiger partial charge in [0.1, 0.15) is 5.54 Å². The Hall–Kier alpha value is -1.63. The van der Waals surface area contributed by atoms with Gasteiger partial charge in [-0.15, -0.1) is 12.4 Å². The summed E-state index contributed by atoms with van der Waals surface area (Å²) in [6.45, 7) is 8.10. The molecule has 2 amide bonds. The Labute approximate surface area is 160 Å². The highest BCUT2D eigenvalue weighted by Gasteiger charge is 2.70. The first kappa shape index (κ1) is 20.7. The van der Waals surface area contributed by atoms with E-state index in [1.165, 1.54) is 6.92 Å². The van der Waals surface area contributed by atoms with Gasteiger partial charge in [0, 0.05) is 36.2 Å². The molecule has 1 saturated carbocycles. The summed E-state index contributed by atoms with van der Waals surface area (Å²) in [5, 5.41) is 5.72. The molecular weight excluding hydrogens is 354 g/mol. The molecule has 3 atom stereocenters. The smallest absolute Gasteiger partial charge is 0.245 e. The van der Waals surface area contributed by atoms with E-state index >= 15 is 0 Å². The van der Waals surface area contributed by atoms with Crippen LogP contribution in [0.5, 0.6) is 0 Å². The SMILES string of the molecule is CC(=O)Nc1ccc(C)c(NC(=O)C2(N)C3CCCOC3C2(C)C)c1.Cl. The summed E-state index contributed by atoms with van der Waals surface area (Å²) >= 11 is 0. The van der Waals surface area contributed by atoms with Crippen LogP contribution >= 0.6 is 12.4 Å². The van der Waals surface area contributed by atoms with Crippen LogP contribution in [0, 0.1) is 18.3 Å². The number of hydrogen-bond donors (Lipinski definition) is 3. The van der Waals surface area contributed by atoms with Gasteiger partial charge in [-0.05, 0) is 37.5 Å². The Bertz CT molecular complexity index is 722. The lowest BCUT2D eigenvalue weighted by molar-refractivity contribution is -0.222. The summed E-state index contributed by atoms with van der Waals surface area (Å²) in [5.41, 5.74) is 7.47. The van der Waals surface area contributed by atoms with E-state index in [-0.39, 0.29) is 36.2 Å². The number of aryl methyl sites for hydroxylation is 1. The molecule has 1 aliphatic carbocycles. The maximum absolute atomic E-state index is 13.1. The minimum absolute atomic E-state index is 0. The number of carbonyl (C=O) groups is 2. The second-order valence-electron chi connectivity index (χ2n) is 7.80. The molecule has 144 valence electrons. The van der Waals surface area contributed by atoms with Gasteiger partial charge in [0.05, 0.1) is 6.10 Å². The van der Waals surface area contributed by atoms with Crippen molar-refractivity contribution in [3.63, 3.8) is 0 Å². The molecular formula is C19H28ClN3O3. The molecule has 2 aliphatic rings. The van der Waals surface area contributed by atoms with Gasteiger partial charge in [-0.1, -0.05) is 19.9 Å². The van der Waals surface area contributed by atoms with E-state index in [0.717, 1.165) is 25.0 Å². The molecule has 1 aromatic rings. The third-order valence-corrected chi connectivity index (χ3v) is 5.87. The van der Waals surface area contributed by atoms with Crippen LogP contribution in [0.3, 0.4) is 0 Å². The van der Waals surface area contributed by atoms with Crippen molar-refractivity contribution in [1.29, 1.82) is 0 Å². The fourth-order valence-electron chi connectivity index (χ4n) is 4.30. The van der Waals surface area contributed by atoms with E-state index in [1.807, 2.05) is 32.9 Å². The monoisotopic (exact) mass is 381 g/mol. The Morgan fingerprint density at radius 2 is 1.96 bits per heavy atom. The van der Waals surface area contributed by atoms with Crippen LogP contribution in [0.2, 0.25) is 0 Å². The number of hydrogen-bond acceptors (Lipinski definition) is 4. The number of amides is 2. The summed E-state index contributed by atoms with van der Waals surface area (Å²) in [6, 6.07) is 5.43. The normalized spacial score (nSPS) is 28.8. The van der Waals surface area contributed by atoms with Gasteiger partial charge in [-0.2, -0.15) is 0 Å². The lowest BCUT2D eigenvalue weighted by Gasteiger charge is -2.65. The zero-order valence-electron chi connectivity index (χ0n) is 15.7. The molecule has 0 bridgehead atoms. The quantitative estimate of drug-likeness (QED) is 0.750. The lowest BCUT2D eigenvalue weighted by Crippen LogP contribution is -2.81. The molecule has 0 spiro atoms. The minimum atomic E-state index is -0.964. The summed E-state index contributed by atoms with van der Waals surface area (Å²) in [4.78, 5) is 24.4. The second-order valence-corrected chi connectivity index (χ2v) is 7.80. The highest BCUT2D eigenvalue weighted by Crippen LogP contribution is 2.57. The van der Waals surface area contributed by atoms with Crippen molar-refractivity contribution < 1.29 is 14.3 Å². The first-order valence-electron chi connectivity index (χ1n) is 8.78. The predicted octanol–water partition coefficient (Wildman–Crippen LogP) is 2.85. The van der Waals surface area contributed by atoms with E-state index in [2.05, 4.69) is 10.6 Å². The number of fused-ring (bicyclic) bond motifs is 1. The Morgan fingerprint density at radius 3 is 2.62 bits per heavy atom. The molecule has 4 N–H and O–H groups in total. The highest BCUT2D eigenvalue weighted by atomic mass is 35.5. The van der Waals surface area contributed by atoms with Gasteiger partial charge in [0.15, 0.2) is 0 Å². The molecule has 0 radical (unpaired) electrons. The Balaban J connectivity index is 0.00000243. The van der Waals surface area contributed by atoms with Crippen molar-refractivity contribution in [2.75, 3.05) is 17.2 Å². The predicted molar refractivity (Wildman–Crippen MR) is 105 cm³/mol. The Morgan fingerprint density at radius 1 is 1.27 bits per heavy atom. The minimum Gasteiger partial charge on any atom is -0.377 e. The molecule has 1 heterocycles. The molecule has 1 aromatic carbocycles. The van der Waals surface area contributed by atoms with Crippen LogP contribution in [0.4, 0.5) is 11.4 Å². The largest absolute Gasteiger partial charge is 0.377 e. The molecule has 1 aliphatic heterocycles. The van der Waals surface area contributed by atoms with E-state index in [4.69, 9.17) is 10.5 Å². The summed E-state index contributed by atoms with van der Waals surface area (Å²) < 4.78 is 5.87. The third-order valence-electron chi connectivity index (χ3n) is 5.87. The first-order chi connectivity index (χ1) is 11.7. The first-order valence-corrected chi connectivity index (χ1v) is 8.78. The number of anilines is 2. The molecule has 6 nitrogen and oxygen atoms in total. The maximum Gasteiger partial charge on any atom is 0.245 e. The standard InChI is InChI=1S/C19H27N3O3.ClH/c1-11-7-8-13(21-12(2)23)10-15(11)22-17(24)19(20)14-6-5-9-25-16(14)18(19,3)4;/h7-8,10,14,16H,5-6,9,20H2,1-4H3,(H,21,23)(H,22,24);1H. The number of halogens is 1. The maximum atomic E-state index is 13.1. The van der Waals surface area contributed by atoms with Crippen molar-refractivity contribution >= 4 is 35.6 Å².